The van der Waals surface area contributed by atoms with E-state index < -0.39 is 0 Å². The van der Waals surface area contributed by atoms with Gasteiger partial charge >= 0.3 is 5.97 Å². The molecule has 0 aromatic heterocycles. The van der Waals surface area contributed by atoms with Crippen LogP contribution in [0.25, 0.3) is 0 Å². The first-order valence-electron chi connectivity index (χ1n) is 7.44. The lowest BCUT2D eigenvalue weighted by molar-refractivity contribution is -0.131. The highest BCUT2D eigenvalue weighted by Crippen LogP contribution is 2.31. The van der Waals surface area contributed by atoms with Gasteiger partial charge in [0.2, 0.25) is 0 Å². The number of thioether (sulfide) groups is 1. The molecule has 0 spiro atoms. The summed E-state index contributed by atoms with van der Waals surface area (Å²) in [6.07, 6.45) is 0. The number of methoxy groups -OCH3 is 1. The molecule has 0 amide bonds. The maximum atomic E-state index is 11.1. The first-order chi connectivity index (χ1) is 11.1. The van der Waals surface area contributed by atoms with Crippen LogP contribution < -0.4 is 14.8 Å². The lowest BCUT2D eigenvalue weighted by atomic mass is 10.2. The maximum Gasteiger partial charge on any atom is 0.308 e. The summed E-state index contributed by atoms with van der Waals surface area (Å²) in [4.78, 5) is 12.3. The molecule has 0 aliphatic carbocycles. The van der Waals surface area contributed by atoms with Crippen molar-refractivity contribution < 1.29 is 14.3 Å². The van der Waals surface area contributed by atoms with Gasteiger partial charge in [-0.1, -0.05) is 19.1 Å². The molecule has 0 atom stereocenters. The first kappa shape index (κ1) is 17.2. The Morgan fingerprint density at radius 3 is 2.70 bits per heavy atom. The van der Waals surface area contributed by atoms with Crippen molar-refractivity contribution in [2.24, 2.45) is 0 Å². The van der Waals surface area contributed by atoms with Gasteiger partial charge in [-0.3, -0.25) is 4.79 Å². The largest absolute Gasteiger partial charge is 0.497 e. The molecule has 2 aromatic rings. The molecule has 2 aromatic carbocycles. The lowest BCUT2D eigenvalue weighted by Crippen LogP contribution is -2.04. The van der Waals surface area contributed by atoms with Gasteiger partial charge in [0.1, 0.15) is 11.5 Å². The Hall–Kier alpha value is -2.14. The predicted molar refractivity (Wildman–Crippen MR) is 94.5 cm³/mol. The topological polar surface area (TPSA) is 47.6 Å². The number of carbonyl (C=O) groups is 1. The molecular formula is C18H21NO3S. The Labute approximate surface area is 141 Å². The van der Waals surface area contributed by atoms with Gasteiger partial charge in [-0.15, -0.1) is 11.8 Å². The Kier molecular flexibility index (Phi) is 6.35. The van der Waals surface area contributed by atoms with E-state index >= 15 is 0 Å². The predicted octanol–water partition coefficient (Wildman–Crippen LogP) is 4.34. The average Bonchev–Trinajstić information content (AvgIpc) is 2.54. The number of carbonyl (C=O) groups excluding carboxylic acids is 1. The van der Waals surface area contributed by atoms with Gasteiger partial charge in [0, 0.05) is 24.4 Å². The number of rotatable bonds is 7. The minimum Gasteiger partial charge on any atom is -0.497 e. The number of anilines is 1. The third-order valence-corrected chi connectivity index (χ3v) is 4.09. The van der Waals surface area contributed by atoms with Crippen molar-refractivity contribution in [2.75, 3.05) is 18.2 Å². The molecular weight excluding hydrogens is 310 g/mol. The van der Waals surface area contributed by atoms with Crippen molar-refractivity contribution >= 4 is 23.4 Å². The van der Waals surface area contributed by atoms with Crippen LogP contribution >= 0.6 is 11.8 Å². The van der Waals surface area contributed by atoms with Crippen LogP contribution in [0.3, 0.4) is 0 Å². The van der Waals surface area contributed by atoms with E-state index in [1.54, 1.807) is 18.9 Å². The SMILES string of the molecule is CCSc1ccc(OC(C)=O)cc1NCc1cccc(OC)c1. The summed E-state index contributed by atoms with van der Waals surface area (Å²) in [5.41, 5.74) is 2.08. The van der Waals surface area contributed by atoms with Crippen LogP contribution in [0.5, 0.6) is 11.5 Å². The van der Waals surface area contributed by atoms with Crippen molar-refractivity contribution in [3.63, 3.8) is 0 Å². The highest BCUT2D eigenvalue weighted by Gasteiger charge is 2.07. The number of hydrogen-bond donors (Lipinski definition) is 1. The van der Waals surface area contributed by atoms with E-state index in [-0.39, 0.29) is 5.97 Å². The van der Waals surface area contributed by atoms with Crippen LogP contribution in [0.15, 0.2) is 47.4 Å². The van der Waals surface area contributed by atoms with Gasteiger partial charge in [-0.25, -0.2) is 0 Å². The number of benzene rings is 2. The van der Waals surface area contributed by atoms with Gasteiger partial charge in [-0.05, 0) is 35.6 Å². The monoisotopic (exact) mass is 331 g/mol. The molecule has 0 radical (unpaired) electrons. The first-order valence-corrected chi connectivity index (χ1v) is 8.43. The molecule has 0 unspecified atom stereocenters. The molecule has 0 fully saturated rings. The molecule has 0 aliphatic rings. The number of ether oxygens (including phenoxy) is 2. The minimum atomic E-state index is -0.320. The standard InChI is InChI=1S/C18H21NO3S/c1-4-23-18-9-8-16(22-13(2)20)11-17(18)19-12-14-6-5-7-15(10-14)21-3/h5-11,19H,4,12H2,1-3H3. The Morgan fingerprint density at radius 1 is 1.17 bits per heavy atom. The Morgan fingerprint density at radius 2 is 2.00 bits per heavy atom. The summed E-state index contributed by atoms with van der Waals surface area (Å²) in [6, 6.07) is 13.6. The number of hydrogen-bond acceptors (Lipinski definition) is 5. The van der Waals surface area contributed by atoms with Gasteiger partial charge in [0.15, 0.2) is 0 Å². The molecule has 0 heterocycles. The van der Waals surface area contributed by atoms with Crippen molar-refractivity contribution in [3.8, 4) is 11.5 Å². The summed E-state index contributed by atoms with van der Waals surface area (Å²) in [6.45, 7) is 4.17. The van der Waals surface area contributed by atoms with Gasteiger partial charge in [0.05, 0.1) is 12.8 Å². The Balaban J connectivity index is 2.16. The molecule has 0 saturated heterocycles. The molecule has 4 nitrogen and oxygen atoms in total. The van der Waals surface area contributed by atoms with E-state index in [0.29, 0.717) is 12.3 Å². The van der Waals surface area contributed by atoms with Crippen LogP contribution in [0, 0.1) is 0 Å². The average molecular weight is 331 g/mol. The van der Waals surface area contributed by atoms with E-state index in [9.17, 15) is 4.79 Å². The summed E-state index contributed by atoms with van der Waals surface area (Å²) < 4.78 is 10.4. The van der Waals surface area contributed by atoms with Gasteiger partial charge < -0.3 is 14.8 Å². The quantitative estimate of drug-likeness (QED) is 0.464. The molecule has 0 saturated carbocycles. The van der Waals surface area contributed by atoms with Gasteiger partial charge in [-0.2, -0.15) is 0 Å². The number of esters is 1. The fraction of sp³-hybridized carbons (Fsp3) is 0.278. The van der Waals surface area contributed by atoms with Crippen LogP contribution in [0.1, 0.15) is 19.4 Å². The van der Waals surface area contributed by atoms with Crippen LogP contribution in [-0.4, -0.2) is 18.8 Å². The highest BCUT2D eigenvalue weighted by atomic mass is 32.2. The van der Waals surface area contributed by atoms with E-state index in [1.807, 2.05) is 42.5 Å². The summed E-state index contributed by atoms with van der Waals surface area (Å²) in [5.74, 6) is 2.03. The normalized spacial score (nSPS) is 10.2. The second-order valence-electron chi connectivity index (χ2n) is 4.89. The van der Waals surface area contributed by atoms with E-state index in [0.717, 1.165) is 27.6 Å². The molecule has 5 heteroatoms. The highest BCUT2D eigenvalue weighted by molar-refractivity contribution is 7.99. The summed E-state index contributed by atoms with van der Waals surface area (Å²) in [7, 11) is 1.66. The zero-order valence-electron chi connectivity index (χ0n) is 13.6. The molecule has 0 aliphatic heterocycles. The fourth-order valence-corrected chi connectivity index (χ4v) is 2.90. The van der Waals surface area contributed by atoms with Crippen molar-refractivity contribution in [1.29, 1.82) is 0 Å². The summed E-state index contributed by atoms with van der Waals surface area (Å²) >= 11 is 1.74. The molecule has 2 rings (SSSR count). The van der Waals surface area contributed by atoms with Crippen molar-refractivity contribution in [1.82, 2.24) is 0 Å². The zero-order chi connectivity index (χ0) is 16.7. The Bertz CT molecular complexity index is 673. The van der Waals surface area contributed by atoms with E-state index in [1.165, 1.54) is 6.92 Å². The molecule has 0 bridgehead atoms. The third kappa shape index (κ3) is 5.21. The van der Waals surface area contributed by atoms with Crippen molar-refractivity contribution in [2.45, 2.75) is 25.3 Å². The molecule has 23 heavy (non-hydrogen) atoms. The minimum absolute atomic E-state index is 0.320. The summed E-state index contributed by atoms with van der Waals surface area (Å²) in [5, 5.41) is 3.41. The molecule has 1 N–H and O–H groups in total. The zero-order valence-corrected chi connectivity index (χ0v) is 14.4. The van der Waals surface area contributed by atoms with Crippen LogP contribution in [0.2, 0.25) is 0 Å². The molecule has 122 valence electrons. The third-order valence-electron chi connectivity index (χ3n) is 3.13. The van der Waals surface area contributed by atoms with E-state index in [4.69, 9.17) is 9.47 Å². The van der Waals surface area contributed by atoms with Crippen LogP contribution in [-0.2, 0) is 11.3 Å². The smallest absolute Gasteiger partial charge is 0.308 e. The fourth-order valence-electron chi connectivity index (χ4n) is 2.14. The maximum absolute atomic E-state index is 11.1. The van der Waals surface area contributed by atoms with E-state index in [2.05, 4.69) is 12.2 Å². The van der Waals surface area contributed by atoms with Crippen molar-refractivity contribution in [3.05, 3.63) is 48.0 Å². The lowest BCUT2D eigenvalue weighted by Gasteiger charge is -2.13. The second kappa shape index (κ2) is 8.48. The van der Waals surface area contributed by atoms with Gasteiger partial charge in [0.25, 0.3) is 0 Å². The van der Waals surface area contributed by atoms with Crippen LogP contribution in [0.4, 0.5) is 5.69 Å². The number of nitrogens with one attached hydrogen (secondary N) is 1. The second-order valence-corrected chi connectivity index (χ2v) is 6.20.